The summed E-state index contributed by atoms with van der Waals surface area (Å²) < 4.78 is 22.2. The molecule has 2 N–H and O–H groups in total. The van der Waals surface area contributed by atoms with Gasteiger partial charge in [-0.25, -0.2) is 13.6 Å². The van der Waals surface area contributed by atoms with E-state index < -0.39 is 10.0 Å². The number of nitrogens with zero attached hydrogens (tertiary/aromatic N) is 2. The van der Waals surface area contributed by atoms with Crippen molar-refractivity contribution in [1.82, 2.24) is 4.90 Å². The fourth-order valence-corrected chi connectivity index (χ4v) is 3.82. The Morgan fingerprint density at radius 3 is 2.52 bits per heavy atom. The SMILES string of the molecule is CN(C)c1ccc(CCC(=O)N2CC[C@H](CS(N)(=O)=O)C2)cc1. The first-order valence-electron chi connectivity index (χ1n) is 7.79. The Bertz CT molecular complexity index is 641. The zero-order chi connectivity index (χ0) is 17.0. The van der Waals surface area contributed by atoms with E-state index in [-0.39, 0.29) is 17.6 Å². The number of primary sulfonamides is 1. The highest BCUT2D eigenvalue weighted by atomic mass is 32.2. The van der Waals surface area contributed by atoms with E-state index in [1.54, 1.807) is 4.90 Å². The van der Waals surface area contributed by atoms with Crippen molar-refractivity contribution >= 4 is 21.6 Å². The van der Waals surface area contributed by atoms with Gasteiger partial charge in [-0.05, 0) is 36.5 Å². The number of hydrogen-bond donors (Lipinski definition) is 1. The molecule has 0 bridgehead atoms. The predicted molar refractivity (Wildman–Crippen MR) is 91.8 cm³/mol. The monoisotopic (exact) mass is 339 g/mol. The quantitative estimate of drug-likeness (QED) is 0.832. The van der Waals surface area contributed by atoms with Crippen molar-refractivity contribution in [2.75, 3.05) is 37.8 Å². The molecule has 1 aromatic rings. The van der Waals surface area contributed by atoms with E-state index in [4.69, 9.17) is 5.14 Å². The molecule has 23 heavy (non-hydrogen) atoms. The second-order valence-electron chi connectivity index (χ2n) is 6.38. The van der Waals surface area contributed by atoms with Crippen LogP contribution in [0.1, 0.15) is 18.4 Å². The van der Waals surface area contributed by atoms with Crippen molar-refractivity contribution in [2.24, 2.45) is 11.1 Å². The zero-order valence-electron chi connectivity index (χ0n) is 13.7. The lowest BCUT2D eigenvalue weighted by molar-refractivity contribution is -0.130. The number of hydrogen-bond acceptors (Lipinski definition) is 4. The normalized spacial score (nSPS) is 18.2. The number of carbonyl (C=O) groups excluding carboxylic acids is 1. The van der Waals surface area contributed by atoms with Gasteiger partial charge in [0.05, 0.1) is 5.75 Å². The summed E-state index contributed by atoms with van der Waals surface area (Å²) in [5.74, 6) is 0.00917. The van der Waals surface area contributed by atoms with Gasteiger partial charge in [-0.15, -0.1) is 0 Å². The molecule has 0 aliphatic carbocycles. The van der Waals surface area contributed by atoms with Gasteiger partial charge in [-0.1, -0.05) is 12.1 Å². The molecule has 7 heteroatoms. The minimum atomic E-state index is -3.47. The van der Waals surface area contributed by atoms with E-state index in [1.165, 1.54) is 0 Å². The molecule has 1 aliphatic rings. The van der Waals surface area contributed by atoms with Crippen LogP contribution in [0.4, 0.5) is 5.69 Å². The van der Waals surface area contributed by atoms with Crippen molar-refractivity contribution in [3.63, 3.8) is 0 Å². The number of aryl methyl sites for hydroxylation is 1. The van der Waals surface area contributed by atoms with Crippen LogP contribution < -0.4 is 10.0 Å². The molecule has 1 aromatic carbocycles. The van der Waals surface area contributed by atoms with Crippen LogP contribution in [-0.4, -0.2) is 52.2 Å². The highest BCUT2D eigenvalue weighted by Crippen LogP contribution is 2.19. The number of amides is 1. The molecule has 1 fully saturated rings. The molecule has 128 valence electrons. The van der Waals surface area contributed by atoms with Crippen LogP contribution >= 0.6 is 0 Å². The molecule has 0 unspecified atom stereocenters. The molecule has 0 radical (unpaired) electrons. The third-order valence-corrected chi connectivity index (χ3v) is 5.12. The minimum absolute atomic E-state index is 0.0340. The molecule has 6 nitrogen and oxygen atoms in total. The molecule has 1 heterocycles. The fraction of sp³-hybridized carbons (Fsp3) is 0.562. The van der Waals surface area contributed by atoms with Gasteiger partial charge in [0, 0.05) is 39.3 Å². The Hall–Kier alpha value is -1.60. The Labute approximate surface area is 138 Å². The third kappa shape index (κ3) is 5.51. The molecule has 1 atom stereocenters. The highest BCUT2D eigenvalue weighted by molar-refractivity contribution is 7.89. The Morgan fingerprint density at radius 1 is 1.30 bits per heavy atom. The van der Waals surface area contributed by atoms with Crippen LogP contribution in [0.3, 0.4) is 0 Å². The minimum Gasteiger partial charge on any atom is -0.378 e. The number of nitrogens with two attached hydrogens (primary N) is 1. The second kappa shape index (κ2) is 7.31. The molecule has 2 rings (SSSR count). The Kier molecular flexibility index (Phi) is 5.64. The topological polar surface area (TPSA) is 83.7 Å². The van der Waals surface area contributed by atoms with Crippen molar-refractivity contribution in [3.05, 3.63) is 29.8 Å². The van der Waals surface area contributed by atoms with Gasteiger partial charge in [0.1, 0.15) is 0 Å². The number of likely N-dealkylation sites (tertiary alicyclic amines) is 1. The molecule has 1 aliphatic heterocycles. The molecular formula is C16H25N3O3S. The van der Waals surface area contributed by atoms with Crippen LogP contribution in [-0.2, 0) is 21.2 Å². The molecule has 0 spiro atoms. The Morgan fingerprint density at radius 2 is 1.96 bits per heavy atom. The molecule has 0 saturated carbocycles. The molecule has 1 amide bonds. The van der Waals surface area contributed by atoms with E-state index in [9.17, 15) is 13.2 Å². The number of rotatable bonds is 6. The largest absolute Gasteiger partial charge is 0.378 e. The highest BCUT2D eigenvalue weighted by Gasteiger charge is 2.28. The summed E-state index contributed by atoms with van der Waals surface area (Å²) in [4.78, 5) is 16.0. The van der Waals surface area contributed by atoms with Gasteiger partial charge in [0.2, 0.25) is 15.9 Å². The fourth-order valence-electron chi connectivity index (χ4n) is 2.89. The molecule has 0 aromatic heterocycles. The molecule has 1 saturated heterocycles. The average Bonchev–Trinajstić information content (AvgIpc) is 2.91. The van der Waals surface area contributed by atoms with E-state index in [2.05, 4.69) is 0 Å². The third-order valence-electron chi connectivity index (χ3n) is 4.19. The smallest absolute Gasteiger partial charge is 0.222 e. The number of carbonyl (C=O) groups is 1. The van der Waals surface area contributed by atoms with Crippen LogP contribution in [0.15, 0.2) is 24.3 Å². The number of anilines is 1. The van der Waals surface area contributed by atoms with Gasteiger partial charge in [0.15, 0.2) is 0 Å². The van der Waals surface area contributed by atoms with Crippen LogP contribution in [0, 0.1) is 5.92 Å². The predicted octanol–water partition coefficient (Wildman–Crippen LogP) is 0.822. The second-order valence-corrected chi connectivity index (χ2v) is 8.04. The summed E-state index contributed by atoms with van der Waals surface area (Å²) >= 11 is 0. The summed E-state index contributed by atoms with van der Waals surface area (Å²) in [6.07, 6.45) is 1.85. The number of benzene rings is 1. The van der Waals surface area contributed by atoms with E-state index >= 15 is 0 Å². The van der Waals surface area contributed by atoms with Gasteiger partial charge < -0.3 is 9.80 Å². The summed E-state index contributed by atoms with van der Waals surface area (Å²) in [5, 5.41) is 5.07. The average molecular weight is 339 g/mol. The van der Waals surface area contributed by atoms with E-state index in [1.807, 2.05) is 43.3 Å². The maximum atomic E-state index is 12.2. The van der Waals surface area contributed by atoms with E-state index in [0.29, 0.717) is 32.4 Å². The zero-order valence-corrected chi connectivity index (χ0v) is 14.6. The van der Waals surface area contributed by atoms with Gasteiger partial charge in [0.25, 0.3) is 0 Å². The van der Waals surface area contributed by atoms with Crippen molar-refractivity contribution in [3.8, 4) is 0 Å². The first kappa shape index (κ1) is 17.7. The standard InChI is InChI=1S/C16H25N3O3S/c1-18(2)15-6-3-13(4-7-15)5-8-16(20)19-10-9-14(11-19)12-23(17,21)22/h3-4,6-7,14H,5,8-12H2,1-2H3,(H2,17,21,22)/t14-/m0/s1. The molecular weight excluding hydrogens is 314 g/mol. The summed E-state index contributed by atoms with van der Waals surface area (Å²) in [7, 11) is 0.515. The summed E-state index contributed by atoms with van der Waals surface area (Å²) in [5.41, 5.74) is 2.26. The van der Waals surface area contributed by atoms with Gasteiger partial charge in [-0.2, -0.15) is 0 Å². The van der Waals surface area contributed by atoms with Gasteiger partial charge >= 0.3 is 0 Å². The first-order chi connectivity index (χ1) is 10.7. The van der Waals surface area contributed by atoms with Crippen LogP contribution in [0.5, 0.6) is 0 Å². The lowest BCUT2D eigenvalue weighted by Gasteiger charge is -2.17. The summed E-state index contributed by atoms with van der Waals surface area (Å²) in [6, 6.07) is 8.16. The first-order valence-corrected chi connectivity index (χ1v) is 9.50. The summed E-state index contributed by atoms with van der Waals surface area (Å²) in [6.45, 7) is 1.12. The maximum Gasteiger partial charge on any atom is 0.222 e. The number of sulfonamides is 1. The van der Waals surface area contributed by atoms with Crippen molar-refractivity contribution in [2.45, 2.75) is 19.3 Å². The van der Waals surface area contributed by atoms with Crippen LogP contribution in [0.25, 0.3) is 0 Å². The van der Waals surface area contributed by atoms with Crippen molar-refractivity contribution in [1.29, 1.82) is 0 Å². The van der Waals surface area contributed by atoms with E-state index in [0.717, 1.165) is 11.3 Å². The van der Waals surface area contributed by atoms with Crippen molar-refractivity contribution < 1.29 is 13.2 Å². The Balaban J connectivity index is 1.81. The lowest BCUT2D eigenvalue weighted by atomic mass is 10.1. The maximum absolute atomic E-state index is 12.2. The van der Waals surface area contributed by atoms with Gasteiger partial charge in [-0.3, -0.25) is 4.79 Å². The van der Waals surface area contributed by atoms with Crippen LogP contribution in [0.2, 0.25) is 0 Å². The lowest BCUT2D eigenvalue weighted by Crippen LogP contribution is -2.30.